The second-order valence-corrected chi connectivity index (χ2v) is 8.11. The molecule has 8 nitrogen and oxygen atoms in total. The minimum atomic E-state index is -0.126. The second-order valence-electron chi connectivity index (χ2n) is 7.17. The first-order valence-corrected chi connectivity index (χ1v) is 11.4. The molecule has 4 aromatic rings. The molecule has 0 spiro atoms. The van der Waals surface area contributed by atoms with Gasteiger partial charge in [0.05, 0.1) is 29.1 Å². The van der Waals surface area contributed by atoms with Crippen LogP contribution in [0.4, 0.5) is 5.69 Å². The SMILES string of the molecule is CCCn1c(=O)c2ccccc2n2c(SCC(=O)N(CCC#N)c3ccccc3)nnc12. The minimum absolute atomic E-state index is 0.0956. The molecule has 0 aliphatic heterocycles. The third-order valence-corrected chi connectivity index (χ3v) is 5.98. The van der Waals surface area contributed by atoms with Gasteiger partial charge in [-0.2, -0.15) is 5.26 Å². The van der Waals surface area contributed by atoms with E-state index in [0.717, 1.165) is 12.1 Å². The van der Waals surface area contributed by atoms with Crippen LogP contribution in [0.15, 0.2) is 64.5 Å². The van der Waals surface area contributed by atoms with Crippen molar-refractivity contribution in [2.24, 2.45) is 0 Å². The van der Waals surface area contributed by atoms with Gasteiger partial charge in [0.2, 0.25) is 11.7 Å². The van der Waals surface area contributed by atoms with Crippen LogP contribution in [0.25, 0.3) is 16.7 Å². The molecule has 1 amide bonds. The number of aromatic nitrogens is 4. The zero-order valence-corrected chi connectivity index (χ0v) is 18.5. The van der Waals surface area contributed by atoms with Gasteiger partial charge < -0.3 is 4.90 Å². The van der Waals surface area contributed by atoms with Gasteiger partial charge in [-0.1, -0.05) is 49.0 Å². The maximum absolute atomic E-state index is 13.1. The summed E-state index contributed by atoms with van der Waals surface area (Å²) in [6.07, 6.45) is 1.03. The highest BCUT2D eigenvalue weighted by molar-refractivity contribution is 7.99. The van der Waals surface area contributed by atoms with Crippen LogP contribution in [-0.4, -0.2) is 37.4 Å². The normalized spacial score (nSPS) is 11.0. The number of aryl methyl sites for hydroxylation is 1. The lowest BCUT2D eigenvalue weighted by Crippen LogP contribution is -2.33. The van der Waals surface area contributed by atoms with E-state index in [1.165, 1.54) is 11.8 Å². The predicted molar refractivity (Wildman–Crippen MR) is 125 cm³/mol. The van der Waals surface area contributed by atoms with Crippen molar-refractivity contribution in [3.05, 3.63) is 65.0 Å². The molecule has 0 unspecified atom stereocenters. The summed E-state index contributed by atoms with van der Waals surface area (Å²) in [5, 5.41) is 18.7. The first kappa shape index (κ1) is 21.6. The summed E-state index contributed by atoms with van der Waals surface area (Å²) in [7, 11) is 0. The maximum Gasteiger partial charge on any atom is 0.262 e. The van der Waals surface area contributed by atoms with E-state index >= 15 is 0 Å². The van der Waals surface area contributed by atoms with E-state index in [1.54, 1.807) is 15.5 Å². The van der Waals surface area contributed by atoms with Crippen molar-refractivity contribution in [3.63, 3.8) is 0 Å². The molecule has 2 aromatic heterocycles. The fourth-order valence-corrected chi connectivity index (χ4v) is 4.44. The molecule has 0 radical (unpaired) electrons. The van der Waals surface area contributed by atoms with Gasteiger partial charge in [-0.15, -0.1) is 10.2 Å². The van der Waals surface area contributed by atoms with Crippen LogP contribution in [0.5, 0.6) is 0 Å². The summed E-state index contributed by atoms with van der Waals surface area (Å²) in [6, 6.07) is 18.8. The number of nitriles is 1. The Labute approximate surface area is 189 Å². The number of hydrogen-bond donors (Lipinski definition) is 0. The molecule has 32 heavy (non-hydrogen) atoms. The second kappa shape index (κ2) is 9.66. The smallest absolute Gasteiger partial charge is 0.262 e. The topological polar surface area (TPSA) is 96.3 Å². The maximum atomic E-state index is 13.1. The van der Waals surface area contributed by atoms with Gasteiger partial charge in [-0.3, -0.25) is 18.6 Å². The average Bonchev–Trinajstić information content (AvgIpc) is 3.25. The van der Waals surface area contributed by atoms with E-state index in [4.69, 9.17) is 5.26 Å². The summed E-state index contributed by atoms with van der Waals surface area (Å²) >= 11 is 1.27. The minimum Gasteiger partial charge on any atom is -0.311 e. The quantitative estimate of drug-likeness (QED) is 0.385. The third kappa shape index (κ3) is 4.09. The van der Waals surface area contributed by atoms with Crippen molar-refractivity contribution < 1.29 is 4.79 Å². The number of nitrogens with zero attached hydrogens (tertiary/aromatic N) is 6. The molecule has 0 atom stereocenters. The monoisotopic (exact) mass is 446 g/mol. The number of rotatable bonds is 8. The number of amides is 1. The van der Waals surface area contributed by atoms with Crippen LogP contribution in [-0.2, 0) is 11.3 Å². The van der Waals surface area contributed by atoms with Gasteiger partial charge in [0, 0.05) is 18.8 Å². The largest absolute Gasteiger partial charge is 0.311 e. The molecular weight excluding hydrogens is 424 g/mol. The molecule has 2 heterocycles. The van der Waals surface area contributed by atoms with Gasteiger partial charge >= 0.3 is 0 Å². The molecule has 9 heteroatoms. The molecule has 0 aliphatic rings. The Balaban J connectivity index is 1.68. The number of thioether (sulfide) groups is 1. The van der Waals surface area contributed by atoms with Gasteiger partial charge in [0.1, 0.15) is 0 Å². The van der Waals surface area contributed by atoms with Crippen LogP contribution in [0.3, 0.4) is 0 Å². The van der Waals surface area contributed by atoms with Gasteiger partial charge in [-0.25, -0.2) is 0 Å². The van der Waals surface area contributed by atoms with E-state index < -0.39 is 0 Å². The summed E-state index contributed by atoms with van der Waals surface area (Å²) in [5.74, 6) is 0.469. The Hall–Kier alpha value is -3.64. The van der Waals surface area contributed by atoms with Crippen LogP contribution in [0, 0.1) is 11.3 Å². The summed E-state index contributed by atoms with van der Waals surface area (Å²) in [4.78, 5) is 27.6. The number of fused-ring (bicyclic) bond motifs is 3. The molecule has 162 valence electrons. The number of carbonyl (C=O) groups is 1. The average molecular weight is 447 g/mol. The van der Waals surface area contributed by atoms with Crippen molar-refractivity contribution >= 4 is 40.0 Å². The van der Waals surface area contributed by atoms with Crippen molar-refractivity contribution in [1.29, 1.82) is 5.26 Å². The highest BCUT2D eigenvalue weighted by Crippen LogP contribution is 2.23. The zero-order chi connectivity index (χ0) is 22.5. The molecular formula is C23H22N6O2S. The van der Waals surface area contributed by atoms with Gasteiger partial charge in [0.15, 0.2) is 5.16 Å². The number of anilines is 1. The Morgan fingerprint density at radius 1 is 1.12 bits per heavy atom. The lowest BCUT2D eigenvalue weighted by Gasteiger charge is -2.21. The van der Waals surface area contributed by atoms with E-state index in [-0.39, 0.29) is 23.6 Å². The molecule has 0 aliphatic carbocycles. The van der Waals surface area contributed by atoms with Crippen LogP contribution < -0.4 is 10.5 Å². The molecule has 0 saturated heterocycles. The number of hydrogen-bond acceptors (Lipinski definition) is 6. The zero-order valence-electron chi connectivity index (χ0n) is 17.6. The van der Waals surface area contributed by atoms with Gasteiger partial charge in [0.25, 0.3) is 5.56 Å². The van der Waals surface area contributed by atoms with Crippen molar-refractivity contribution in [1.82, 2.24) is 19.2 Å². The Morgan fingerprint density at radius 3 is 2.62 bits per heavy atom. The van der Waals surface area contributed by atoms with Crippen LogP contribution >= 0.6 is 11.8 Å². The van der Waals surface area contributed by atoms with E-state index in [0.29, 0.717) is 34.9 Å². The highest BCUT2D eigenvalue weighted by Gasteiger charge is 2.20. The number of carbonyl (C=O) groups excluding carboxylic acids is 1. The van der Waals surface area contributed by atoms with Gasteiger partial charge in [-0.05, 0) is 30.7 Å². The third-order valence-electron chi connectivity index (χ3n) is 5.07. The molecule has 0 saturated carbocycles. The summed E-state index contributed by atoms with van der Waals surface area (Å²) in [5.41, 5.74) is 1.37. The molecule has 4 rings (SSSR count). The lowest BCUT2D eigenvalue weighted by atomic mass is 10.2. The molecule has 2 aromatic carbocycles. The molecule has 0 N–H and O–H groups in total. The van der Waals surface area contributed by atoms with Crippen LogP contribution in [0.2, 0.25) is 0 Å². The van der Waals surface area contributed by atoms with E-state index in [9.17, 15) is 9.59 Å². The van der Waals surface area contributed by atoms with E-state index in [2.05, 4.69) is 16.3 Å². The standard InChI is InChI=1S/C23H22N6O2S/c1-2-14-28-21(31)18-11-6-7-12-19(18)29-22(28)25-26-23(29)32-16-20(30)27(15-8-13-24)17-9-4-3-5-10-17/h3-7,9-12H,2,8,14-16H2,1H3. The summed E-state index contributed by atoms with van der Waals surface area (Å²) in [6.45, 7) is 2.85. The first-order valence-electron chi connectivity index (χ1n) is 10.4. The van der Waals surface area contributed by atoms with Crippen LogP contribution in [0.1, 0.15) is 19.8 Å². The summed E-state index contributed by atoms with van der Waals surface area (Å²) < 4.78 is 3.47. The first-order chi connectivity index (χ1) is 15.7. The van der Waals surface area contributed by atoms with Crippen molar-refractivity contribution in [3.8, 4) is 6.07 Å². The molecule has 0 fully saturated rings. The Morgan fingerprint density at radius 2 is 1.88 bits per heavy atom. The van der Waals surface area contributed by atoms with Crippen molar-refractivity contribution in [2.45, 2.75) is 31.5 Å². The van der Waals surface area contributed by atoms with Crippen molar-refractivity contribution in [2.75, 3.05) is 17.2 Å². The fraction of sp³-hybridized carbons (Fsp3) is 0.261. The fourth-order valence-electron chi connectivity index (χ4n) is 3.62. The number of benzene rings is 2. The molecule has 0 bridgehead atoms. The predicted octanol–water partition coefficient (Wildman–Crippen LogP) is 3.49. The van der Waals surface area contributed by atoms with E-state index in [1.807, 2.05) is 59.9 Å². The number of para-hydroxylation sites is 2. The lowest BCUT2D eigenvalue weighted by molar-refractivity contribution is -0.116. The Bertz CT molecular complexity index is 1360. The Kier molecular flexibility index (Phi) is 6.52. The highest BCUT2D eigenvalue weighted by atomic mass is 32.2.